The van der Waals surface area contributed by atoms with Crippen molar-refractivity contribution < 1.29 is 8.83 Å². The number of furan rings is 2. The van der Waals surface area contributed by atoms with Crippen LogP contribution in [-0.2, 0) is 12.8 Å². The van der Waals surface area contributed by atoms with Crippen LogP contribution < -0.4 is 38.1 Å². The molecule has 5 heterocycles. The lowest BCUT2D eigenvalue weighted by Gasteiger charge is -2.35. The molecule has 51 heavy (non-hydrogen) atoms. The highest BCUT2D eigenvalue weighted by Gasteiger charge is 2.31. The zero-order valence-corrected chi connectivity index (χ0v) is 29.5. The Morgan fingerprint density at radius 2 is 1.51 bits per heavy atom. The summed E-state index contributed by atoms with van der Waals surface area (Å²) in [5, 5.41) is 17.4. The van der Waals surface area contributed by atoms with E-state index < -0.39 is 12.3 Å². The molecule has 270 valence electrons. The highest BCUT2D eigenvalue weighted by molar-refractivity contribution is 6.30. The number of nitrogens with two attached hydrogens (primary N) is 2. The lowest BCUT2D eigenvalue weighted by Crippen LogP contribution is -2.58. The number of halogens is 1. The number of benzene rings is 1. The van der Waals surface area contributed by atoms with E-state index in [2.05, 4.69) is 31.6 Å². The molecule has 0 fully saturated rings. The van der Waals surface area contributed by atoms with Crippen molar-refractivity contribution >= 4 is 53.0 Å². The van der Waals surface area contributed by atoms with Gasteiger partial charge in [-0.05, 0) is 75.2 Å². The standard InChI is InChI=1S/C33H44ClN15O2/c1-20(2)39-30-44-27(45-31(47-30)42-24-8-6-23(34)7-9-24)18-49-29(36)43-26(46-33(49)37-13-10-22-12-16-50-19-22)17-48-28(35)40-21(3)41-32(48)38-14-11-25-5-4-15-51-25/h4-9,12,15-16,19-21,26-27H,10-11,13-14,17-18H2,1-3H3,(H2,35,40)(H2,36,43)(H,37,46)(H,38,41)(H3,39,42,44,45,47). The topological polar surface area (TPSA) is 219 Å². The van der Waals surface area contributed by atoms with Gasteiger partial charge in [0.1, 0.15) is 11.9 Å². The van der Waals surface area contributed by atoms with Gasteiger partial charge in [-0.2, -0.15) is 0 Å². The molecule has 3 unspecified atom stereocenters. The number of hydrogen-bond acceptors (Lipinski definition) is 17. The summed E-state index contributed by atoms with van der Waals surface area (Å²) in [5.74, 6) is 3.60. The van der Waals surface area contributed by atoms with Crippen molar-refractivity contribution in [2.45, 2.75) is 58.2 Å². The molecule has 0 radical (unpaired) electrons. The first kappa shape index (κ1) is 35.1. The molecule has 0 saturated heterocycles. The van der Waals surface area contributed by atoms with Crippen LogP contribution in [0, 0.1) is 0 Å². The van der Waals surface area contributed by atoms with Gasteiger partial charge in [0.05, 0.1) is 31.9 Å². The minimum atomic E-state index is -0.628. The molecule has 0 amide bonds. The molecule has 0 saturated carbocycles. The van der Waals surface area contributed by atoms with Crippen LogP contribution in [0.15, 0.2) is 100 Å². The predicted molar refractivity (Wildman–Crippen MR) is 201 cm³/mol. The fourth-order valence-electron chi connectivity index (χ4n) is 5.44. The van der Waals surface area contributed by atoms with Crippen LogP contribution in [0.4, 0.5) is 5.69 Å². The van der Waals surface area contributed by atoms with Gasteiger partial charge in [-0.15, -0.1) is 0 Å². The molecule has 0 aliphatic carbocycles. The van der Waals surface area contributed by atoms with Gasteiger partial charge in [0, 0.05) is 36.3 Å². The van der Waals surface area contributed by atoms with Crippen LogP contribution in [0.5, 0.6) is 0 Å². The van der Waals surface area contributed by atoms with Crippen LogP contribution in [0.2, 0.25) is 5.02 Å². The maximum atomic E-state index is 6.71. The average molecular weight is 718 g/mol. The highest BCUT2D eigenvalue weighted by Crippen LogP contribution is 2.16. The van der Waals surface area contributed by atoms with E-state index in [-0.39, 0.29) is 31.3 Å². The van der Waals surface area contributed by atoms with Crippen LogP contribution >= 0.6 is 11.6 Å². The normalized spacial score (nSPS) is 20.4. The Kier molecular flexibility index (Phi) is 11.2. The maximum absolute atomic E-state index is 6.71. The SMILES string of the molecule is CC1N=C(N)N(CC2N=C(N)N(CC3N=C(Nc4ccc(Cl)cc4)NC(NC(C)C)=N3)C(NCCc3ccoc3)=N2)C(NCCc2ccco2)=N1. The molecule has 3 aromatic rings. The molecule has 6 rings (SSSR count). The van der Waals surface area contributed by atoms with Crippen molar-refractivity contribution in [3.63, 3.8) is 0 Å². The molecule has 18 heteroatoms. The summed E-state index contributed by atoms with van der Waals surface area (Å²) in [6.07, 6.45) is 4.86. The van der Waals surface area contributed by atoms with Gasteiger partial charge in [0.2, 0.25) is 29.8 Å². The quantitative estimate of drug-likeness (QED) is 0.143. The lowest BCUT2D eigenvalue weighted by molar-refractivity contribution is 0.442. The van der Waals surface area contributed by atoms with E-state index >= 15 is 0 Å². The number of nitrogens with zero attached hydrogens (tertiary/aromatic N) is 8. The third-order valence-electron chi connectivity index (χ3n) is 7.77. The number of hydrogen-bond donors (Lipinski definition) is 7. The lowest BCUT2D eigenvalue weighted by atomic mass is 10.2. The molecule has 17 nitrogen and oxygen atoms in total. The number of anilines is 1. The van der Waals surface area contributed by atoms with Gasteiger partial charge < -0.3 is 41.6 Å². The van der Waals surface area contributed by atoms with Gasteiger partial charge in [-0.25, -0.2) is 30.0 Å². The van der Waals surface area contributed by atoms with Gasteiger partial charge in [-0.1, -0.05) is 11.6 Å². The summed E-state index contributed by atoms with van der Waals surface area (Å²) in [4.78, 5) is 32.2. The second kappa shape index (κ2) is 16.3. The van der Waals surface area contributed by atoms with Crippen LogP contribution in [0.3, 0.4) is 0 Å². The summed E-state index contributed by atoms with van der Waals surface area (Å²) in [6, 6.07) is 13.2. The average Bonchev–Trinajstić information content (AvgIpc) is 3.80. The Balaban J connectivity index is 1.21. The summed E-state index contributed by atoms with van der Waals surface area (Å²) in [7, 11) is 0. The number of guanidine groups is 6. The van der Waals surface area contributed by atoms with E-state index in [4.69, 9.17) is 56.9 Å². The first-order chi connectivity index (χ1) is 24.7. The molecule has 0 spiro atoms. The first-order valence-electron chi connectivity index (χ1n) is 16.8. The molecule has 3 aliphatic rings. The summed E-state index contributed by atoms with van der Waals surface area (Å²) < 4.78 is 10.7. The van der Waals surface area contributed by atoms with Crippen molar-refractivity contribution in [2.24, 2.45) is 41.4 Å². The molecule has 3 atom stereocenters. The van der Waals surface area contributed by atoms with Crippen molar-refractivity contribution in [3.05, 3.63) is 77.6 Å². The van der Waals surface area contributed by atoms with Gasteiger partial charge in [0.25, 0.3) is 0 Å². The Morgan fingerprint density at radius 1 is 0.824 bits per heavy atom. The molecule has 0 bridgehead atoms. The van der Waals surface area contributed by atoms with Crippen molar-refractivity contribution in [1.29, 1.82) is 0 Å². The van der Waals surface area contributed by atoms with Crippen LogP contribution in [0.25, 0.3) is 0 Å². The third-order valence-corrected chi connectivity index (χ3v) is 8.03. The largest absolute Gasteiger partial charge is 0.472 e. The highest BCUT2D eigenvalue weighted by atomic mass is 35.5. The second-order valence-corrected chi connectivity index (χ2v) is 12.7. The van der Waals surface area contributed by atoms with E-state index in [1.54, 1.807) is 40.7 Å². The Morgan fingerprint density at radius 3 is 2.20 bits per heavy atom. The molecule has 3 aliphatic heterocycles. The van der Waals surface area contributed by atoms with Crippen molar-refractivity contribution in [2.75, 3.05) is 31.5 Å². The minimum absolute atomic E-state index is 0.123. The van der Waals surface area contributed by atoms with Gasteiger partial charge >= 0.3 is 0 Å². The van der Waals surface area contributed by atoms with Crippen LogP contribution in [-0.4, -0.2) is 96.3 Å². The Bertz CT molecular complexity index is 1780. The maximum Gasteiger partial charge on any atom is 0.204 e. The fourth-order valence-corrected chi connectivity index (χ4v) is 5.56. The monoisotopic (exact) mass is 717 g/mol. The summed E-state index contributed by atoms with van der Waals surface area (Å²) in [5.41, 5.74) is 15.0. The minimum Gasteiger partial charge on any atom is -0.472 e. The molecule has 9 N–H and O–H groups in total. The van der Waals surface area contributed by atoms with E-state index in [9.17, 15) is 0 Å². The van der Waals surface area contributed by atoms with E-state index in [0.29, 0.717) is 60.8 Å². The number of rotatable bonds is 12. The first-order valence-corrected chi connectivity index (χ1v) is 17.2. The van der Waals surface area contributed by atoms with Gasteiger partial charge in [0.15, 0.2) is 18.3 Å². The summed E-state index contributed by atoms with van der Waals surface area (Å²) >= 11 is 6.10. The second-order valence-electron chi connectivity index (χ2n) is 12.3. The smallest absolute Gasteiger partial charge is 0.204 e. The van der Waals surface area contributed by atoms with Gasteiger partial charge in [-0.3, -0.25) is 15.1 Å². The zero-order chi connectivity index (χ0) is 35.7. The molecular weight excluding hydrogens is 674 g/mol. The van der Waals surface area contributed by atoms with Crippen LogP contribution in [0.1, 0.15) is 32.1 Å². The fraction of sp³-hybridized carbons (Fsp3) is 0.394. The molecule has 2 aromatic heterocycles. The molecule has 1 aromatic carbocycles. The third kappa shape index (κ3) is 9.72. The number of aliphatic imine (C=N–C) groups is 6. The van der Waals surface area contributed by atoms with E-state index in [1.165, 1.54) is 0 Å². The predicted octanol–water partition coefficient (Wildman–Crippen LogP) is 1.89. The van der Waals surface area contributed by atoms with Crippen molar-refractivity contribution in [3.8, 4) is 0 Å². The molecular formula is C33H44ClN15O2. The van der Waals surface area contributed by atoms with E-state index in [1.807, 2.05) is 51.1 Å². The Labute approximate surface area is 301 Å². The van der Waals surface area contributed by atoms with Crippen molar-refractivity contribution in [1.82, 2.24) is 31.1 Å². The Hall–Kier alpha value is -5.71. The summed E-state index contributed by atoms with van der Waals surface area (Å²) in [6.45, 7) is 7.58. The zero-order valence-electron chi connectivity index (χ0n) is 28.8. The van der Waals surface area contributed by atoms with E-state index in [0.717, 1.165) is 17.0 Å². The number of nitrogens with one attached hydrogen (secondary N) is 5.